The highest BCUT2D eigenvalue weighted by atomic mass is 35.5. The lowest BCUT2D eigenvalue weighted by Gasteiger charge is -2.37. The van der Waals surface area contributed by atoms with Gasteiger partial charge in [0.15, 0.2) is 5.82 Å². The Morgan fingerprint density at radius 1 is 1.25 bits per heavy atom. The summed E-state index contributed by atoms with van der Waals surface area (Å²) >= 11 is 13.6. The summed E-state index contributed by atoms with van der Waals surface area (Å²) in [5.41, 5.74) is 12.2. The third-order valence-electron chi connectivity index (χ3n) is 4.08. The van der Waals surface area contributed by atoms with E-state index in [0.717, 1.165) is 36.6 Å². The Labute approximate surface area is 155 Å². The zero-order valence-electron chi connectivity index (χ0n) is 13.3. The van der Waals surface area contributed by atoms with Crippen molar-refractivity contribution in [3.05, 3.63) is 34.4 Å². The standard InChI is InChI=1S/C16H19Cl2N5S/c1-16(20)4-6-23(7-5-16)13-9-21-15(14(19)22-13)24-12-8-10(17)2-3-11(12)18/h2-3,8-9H,4-7,20H2,1H3,(H2,19,22). The Morgan fingerprint density at radius 3 is 2.62 bits per heavy atom. The van der Waals surface area contributed by atoms with E-state index in [1.54, 1.807) is 24.4 Å². The van der Waals surface area contributed by atoms with E-state index >= 15 is 0 Å². The second-order valence-corrected chi connectivity index (χ2v) is 8.11. The van der Waals surface area contributed by atoms with Crippen LogP contribution in [0.1, 0.15) is 19.8 Å². The van der Waals surface area contributed by atoms with Crippen molar-refractivity contribution >= 4 is 46.6 Å². The maximum absolute atomic E-state index is 6.19. The van der Waals surface area contributed by atoms with Crippen LogP contribution in [0.2, 0.25) is 10.0 Å². The smallest absolute Gasteiger partial charge is 0.158 e. The van der Waals surface area contributed by atoms with Crippen LogP contribution in [-0.4, -0.2) is 28.6 Å². The van der Waals surface area contributed by atoms with Crippen molar-refractivity contribution in [3.8, 4) is 0 Å². The number of piperidine rings is 1. The molecule has 0 atom stereocenters. The Morgan fingerprint density at radius 2 is 1.96 bits per heavy atom. The number of halogens is 2. The lowest BCUT2D eigenvalue weighted by Crippen LogP contribution is -2.48. The molecule has 128 valence electrons. The number of nitrogens with zero attached hydrogens (tertiary/aromatic N) is 3. The van der Waals surface area contributed by atoms with Crippen molar-refractivity contribution in [2.75, 3.05) is 23.7 Å². The number of rotatable bonds is 3. The zero-order valence-corrected chi connectivity index (χ0v) is 15.6. The summed E-state index contributed by atoms with van der Waals surface area (Å²) in [6, 6.07) is 5.28. The molecule has 0 radical (unpaired) electrons. The molecule has 5 nitrogen and oxygen atoms in total. The predicted octanol–water partition coefficient (Wildman–Crippen LogP) is 3.83. The lowest BCUT2D eigenvalue weighted by atomic mass is 9.91. The first kappa shape index (κ1) is 17.6. The van der Waals surface area contributed by atoms with Crippen LogP contribution >= 0.6 is 35.0 Å². The zero-order chi connectivity index (χ0) is 17.3. The molecule has 2 heterocycles. The van der Waals surface area contributed by atoms with Crippen LogP contribution in [0.15, 0.2) is 34.3 Å². The first-order chi connectivity index (χ1) is 11.3. The van der Waals surface area contributed by atoms with Crippen molar-refractivity contribution in [1.82, 2.24) is 9.97 Å². The topological polar surface area (TPSA) is 81.1 Å². The average Bonchev–Trinajstić information content (AvgIpc) is 2.53. The fourth-order valence-electron chi connectivity index (χ4n) is 2.52. The van der Waals surface area contributed by atoms with Crippen LogP contribution in [0, 0.1) is 0 Å². The molecular weight excluding hydrogens is 365 g/mol. The number of nitrogen functional groups attached to an aromatic ring is 1. The van der Waals surface area contributed by atoms with Gasteiger partial charge in [-0.05, 0) is 38.0 Å². The normalized spacial score (nSPS) is 17.1. The molecule has 24 heavy (non-hydrogen) atoms. The van der Waals surface area contributed by atoms with Crippen LogP contribution in [0.3, 0.4) is 0 Å². The molecule has 1 fully saturated rings. The van der Waals surface area contributed by atoms with Gasteiger partial charge in [-0.3, -0.25) is 0 Å². The molecule has 4 N–H and O–H groups in total. The van der Waals surface area contributed by atoms with E-state index in [-0.39, 0.29) is 5.54 Å². The van der Waals surface area contributed by atoms with Gasteiger partial charge in [0, 0.05) is 28.5 Å². The average molecular weight is 384 g/mol. The minimum absolute atomic E-state index is 0.103. The minimum atomic E-state index is -0.103. The molecule has 1 aromatic heterocycles. The number of nitrogens with two attached hydrogens (primary N) is 2. The predicted molar refractivity (Wildman–Crippen MR) is 101 cm³/mol. The third-order valence-corrected chi connectivity index (χ3v) is 5.82. The van der Waals surface area contributed by atoms with Crippen molar-refractivity contribution < 1.29 is 0 Å². The van der Waals surface area contributed by atoms with Gasteiger partial charge in [0.1, 0.15) is 10.8 Å². The van der Waals surface area contributed by atoms with Crippen LogP contribution in [-0.2, 0) is 0 Å². The summed E-state index contributed by atoms with van der Waals surface area (Å²) in [6.45, 7) is 3.79. The van der Waals surface area contributed by atoms with Crippen molar-refractivity contribution in [1.29, 1.82) is 0 Å². The molecule has 0 saturated carbocycles. The van der Waals surface area contributed by atoms with Crippen LogP contribution < -0.4 is 16.4 Å². The number of aromatic nitrogens is 2. The highest BCUT2D eigenvalue weighted by Gasteiger charge is 2.26. The van der Waals surface area contributed by atoms with Gasteiger partial charge in [0.05, 0.1) is 11.2 Å². The molecule has 0 aliphatic carbocycles. The SMILES string of the molecule is CC1(N)CCN(c2cnc(Sc3cc(Cl)ccc3Cl)c(N)n2)CC1. The van der Waals surface area contributed by atoms with Gasteiger partial charge in [-0.15, -0.1) is 0 Å². The van der Waals surface area contributed by atoms with Gasteiger partial charge in [0.2, 0.25) is 0 Å². The molecule has 0 amide bonds. The molecule has 1 saturated heterocycles. The maximum atomic E-state index is 6.19. The number of anilines is 2. The molecule has 8 heteroatoms. The maximum Gasteiger partial charge on any atom is 0.158 e. The van der Waals surface area contributed by atoms with E-state index < -0.39 is 0 Å². The fraction of sp³-hybridized carbons (Fsp3) is 0.375. The Kier molecular flexibility index (Phi) is 5.11. The Bertz CT molecular complexity index is 743. The highest BCUT2D eigenvalue weighted by Crippen LogP contribution is 2.36. The van der Waals surface area contributed by atoms with E-state index in [9.17, 15) is 0 Å². The number of benzene rings is 1. The van der Waals surface area contributed by atoms with Crippen LogP contribution in [0.25, 0.3) is 0 Å². The van der Waals surface area contributed by atoms with Crippen molar-refractivity contribution in [3.63, 3.8) is 0 Å². The summed E-state index contributed by atoms with van der Waals surface area (Å²) in [5.74, 6) is 1.17. The minimum Gasteiger partial charge on any atom is -0.381 e. The number of hydrogen-bond donors (Lipinski definition) is 2. The molecule has 1 aliphatic heterocycles. The number of hydrogen-bond acceptors (Lipinski definition) is 6. The van der Waals surface area contributed by atoms with Crippen LogP contribution in [0.4, 0.5) is 11.6 Å². The van der Waals surface area contributed by atoms with E-state index in [1.165, 1.54) is 11.8 Å². The highest BCUT2D eigenvalue weighted by molar-refractivity contribution is 7.99. The lowest BCUT2D eigenvalue weighted by molar-refractivity contribution is 0.363. The molecular formula is C16H19Cl2N5S. The van der Waals surface area contributed by atoms with E-state index in [1.807, 2.05) is 0 Å². The molecule has 2 aromatic rings. The van der Waals surface area contributed by atoms with E-state index in [4.69, 9.17) is 34.7 Å². The van der Waals surface area contributed by atoms with Crippen molar-refractivity contribution in [2.24, 2.45) is 5.73 Å². The van der Waals surface area contributed by atoms with Gasteiger partial charge in [0.25, 0.3) is 0 Å². The van der Waals surface area contributed by atoms with E-state index in [2.05, 4.69) is 21.8 Å². The Balaban J connectivity index is 1.77. The van der Waals surface area contributed by atoms with Crippen LogP contribution in [0.5, 0.6) is 0 Å². The third kappa shape index (κ3) is 4.06. The van der Waals surface area contributed by atoms with Gasteiger partial charge < -0.3 is 16.4 Å². The van der Waals surface area contributed by atoms with Gasteiger partial charge in [-0.2, -0.15) is 0 Å². The van der Waals surface area contributed by atoms with E-state index in [0.29, 0.717) is 20.9 Å². The quantitative estimate of drug-likeness (QED) is 0.837. The largest absolute Gasteiger partial charge is 0.381 e. The molecule has 3 rings (SSSR count). The first-order valence-corrected chi connectivity index (χ1v) is 9.20. The Hall–Kier alpha value is -1.21. The summed E-state index contributed by atoms with van der Waals surface area (Å²) in [7, 11) is 0. The monoisotopic (exact) mass is 383 g/mol. The summed E-state index contributed by atoms with van der Waals surface area (Å²) in [4.78, 5) is 11.9. The summed E-state index contributed by atoms with van der Waals surface area (Å²) in [6.07, 6.45) is 3.59. The second kappa shape index (κ2) is 6.96. The first-order valence-electron chi connectivity index (χ1n) is 7.63. The van der Waals surface area contributed by atoms with Crippen molar-refractivity contribution in [2.45, 2.75) is 35.2 Å². The molecule has 0 spiro atoms. The molecule has 0 bridgehead atoms. The van der Waals surface area contributed by atoms with Gasteiger partial charge in [-0.1, -0.05) is 35.0 Å². The van der Waals surface area contributed by atoms with Gasteiger partial charge in [-0.25, -0.2) is 9.97 Å². The second-order valence-electron chi connectivity index (χ2n) is 6.24. The molecule has 1 aromatic carbocycles. The summed E-state index contributed by atoms with van der Waals surface area (Å²) < 4.78 is 0. The van der Waals surface area contributed by atoms with Gasteiger partial charge >= 0.3 is 0 Å². The molecule has 0 unspecified atom stereocenters. The molecule has 1 aliphatic rings. The summed E-state index contributed by atoms with van der Waals surface area (Å²) in [5, 5.41) is 1.83. The fourth-order valence-corrected chi connectivity index (χ4v) is 3.81.